The molecule has 2 aromatic rings. The number of hydrogen-bond donors (Lipinski definition) is 1. The van der Waals surface area contributed by atoms with Crippen LogP contribution in [-0.4, -0.2) is 10.5 Å². The monoisotopic (exact) mass is 290 g/mol. The third kappa shape index (κ3) is 2.52. The summed E-state index contributed by atoms with van der Waals surface area (Å²) in [5.74, 6) is -0.325. The number of unbranched alkanes of at least 4 members (excludes halogenated alkanes) is 1. The maximum atomic E-state index is 11.9. The highest BCUT2D eigenvalue weighted by Crippen LogP contribution is 2.34. The van der Waals surface area contributed by atoms with E-state index in [-0.39, 0.29) is 5.91 Å². The summed E-state index contributed by atoms with van der Waals surface area (Å²) < 4.78 is 2.27. The van der Waals surface area contributed by atoms with Crippen molar-refractivity contribution >= 4 is 17.2 Å². The molecule has 2 aromatic heterocycles. The van der Waals surface area contributed by atoms with Gasteiger partial charge in [0.25, 0.3) is 5.91 Å². The molecule has 0 saturated heterocycles. The number of primary amides is 1. The molecule has 1 amide bonds. The van der Waals surface area contributed by atoms with Crippen LogP contribution in [0.2, 0.25) is 0 Å². The fourth-order valence-corrected chi connectivity index (χ4v) is 3.45. The van der Waals surface area contributed by atoms with Gasteiger partial charge < -0.3 is 10.3 Å². The highest BCUT2D eigenvalue weighted by molar-refractivity contribution is 7.08. The lowest BCUT2D eigenvalue weighted by molar-refractivity contribution is 0.1000. The molecule has 20 heavy (non-hydrogen) atoms. The molecule has 2 heterocycles. The zero-order chi connectivity index (χ0) is 14.7. The van der Waals surface area contributed by atoms with Crippen molar-refractivity contribution in [3.63, 3.8) is 0 Å². The van der Waals surface area contributed by atoms with Gasteiger partial charge in [-0.15, -0.1) is 0 Å². The van der Waals surface area contributed by atoms with Gasteiger partial charge in [-0.3, -0.25) is 4.79 Å². The topological polar surface area (TPSA) is 48.0 Å². The Morgan fingerprint density at radius 2 is 2.15 bits per heavy atom. The van der Waals surface area contributed by atoms with Crippen molar-refractivity contribution in [1.29, 1.82) is 0 Å². The summed E-state index contributed by atoms with van der Waals surface area (Å²) in [6.45, 7) is 7.28. The van der Waals surface area contributed by atoms with Gasteiger partial charge in [-0.2, -0.15) is 11.3 Å². The van der Waals surface area contributed by atoms with E-state index in [2.05, 4.69) is 29.9 Å². The molecule has 0 unspecified atom stereocenters. The van der Waals surface area contributed by atoms with Crippen LogP contribution in [0, 0.1) is 6.92 Å². The van der Waals surface area contributed by atoms with Gasteiger partial charge in [-0.25, -0.2) is 0 Å². The normalized spacial score (nSPS) is 10.9. The molecule has 4 heteroatoms. The molecule has 0 saturated carbocycles. The van der Waals surface area contributed by atoms with E-state index in [1.165, 1.54) is 5.69 Å². The van der Waals surface area contributed by atoms with Crippen molar-refractivity contribution in [1.82, 2.24) is 4.57 Å². The summed E-state index contributed by atoms with van der Waals surface area (Å²) in [4.78, 5) is 11.9. The fourth-order valence-electron chi connectivity index (χ4n) is 2.80. The zero-order valence-corrected chi connectivity index (χ0v) is 13.2. The molecule has 0 atom stereocenters. The lowest BCUT2D eigenvalue weighted by atomic mass is 10.0. The molecule has 2 rings (SSSR count). The molecule has 0 aliphatic carbocycles. The van der Waals surface area contributed by atoms with Crippen molar-refractivity contribution in [3.8, 4) is 11.1 Å². The summed E-state index contributed by atoms with van der Waals surface area (Å²) in [7, 11) is 0. The third-order valence-corrected chi connectivity index (χ3v) is 4.44. The molecule has 0 spiro atoms. The first-order valence-electron chi connectivity index (χ1n) is 7.16. The van der Waals surface area contributed by atoms with E-state index in [9.17, 15) is 4.79 Å². The predicted molar refractivity (Wildman–Crippen MR) is 85.3 cm³/mol. The minimum Gasteiger partial charge on any atom is -0.366 e. The van der Waals surface area contributed by atoms with E-state index in [4.69, 9.17) is 5.73 Å². The Morgan fingerprint density at radius 3 is 2.65 bits per heavy atom. The van der Waals surface area contributed by atoms with E-state index >= 15 is 0 Å². The molecule has 0 fully saturated rings. The van der Waals surface area contributed by atoms with Gasteiger partial charge >= 0.3 is 0 Å². The first-order chi connectivity index (χ1) is 9.61. The number of nitrogens with zero attached hydrogens (tertiary/aromatic N) is 1. The Morgan fingerprint density at radius 1 is 1.40 bits per heavy atom. The SMILES string of the molecule is CCCCn1c(C)c(C(N)=O)c(-c2ccsc2)c1CC. The molecule has 0 aliphatic rings. The molecule has 3 nitrogen and oxygen atoms in total. The summed E-state index contributed by atoms with van der Waals surface area (Å²) in [5.41, 5.74) is 10.7. The molecule has 108 valence electrons. The Balaban J connectivity index is 2.66. The fraction of sp³-hybridized carbons (Fsp3) is 0.438. The Kier molecular flexibility index (Phi) is 4.65. The van der Waals surface area contributed by atoms with Gasteiger partial charge in [0.1, 0.15) is 0 Å². The number of hydrogen-bond acceptors (Lipinski definition) is 2. The number of carbonyl (C=O) groups excluding carboxylic acids is 1. The summed E-state index contributed by atoms with van der Waals surface area (Å²) in [6, 6.07) is 2.06. The number of rotatable bonds is 6. The summed E-state index contributed by atoms with van der Waals surface area (Å²) in [6.07, 6.45) is 3.16. The van der Waals surface area contributed by atoms with Crippen molar-refractivity contribution in [2.24, 2.45) is 5.73 Å². The molecule has 0 bridgehead atoms. The average Bonchev–Trinajstić information content (AvgIpc) is 3.01. The third-order valence-electron chi connectivity index (χ3n) is 3.76. The molecular weight excluding hydrogens is 268 g/mol. The van der Waals surface area contributed by atoms with Gasteiger partial charge in [0.2, 0.25) is 0 Å². The maximum absolute atomic E-state index is 11.9. The van der Waals surface area contributed by atoms with E-state index in [1.54, 1.807) is 11.3 Å². The minimum absolute atomic E-state index is 0.325. The molecule has 0 aromatic carbocycles. The summed E-state index contributed by atoms with van der Waals surface area (Å²) >= 11 is 1.65. The lowest BCUT2D eigenvalue weighted by Gasteiger charge is -2.10. The zero-order valence-electron chi connectivity index (χ0n) is 12.4. The van der Waals surface area contributed by atoms with Crippen LogP contribution in [0.15, 0.2) is 16.8 Å². The van der Waals surface area contributed by atoms with Gasteiger partial charge in [0.05, 0.1) is 5.56 Å². The van der Waals surface area contributed by atoms with Crippen LogP contribution >= 0.6 is 11.3 Å². The number of amides is 1. The first kappa shape index (κ1) is 14.9. The Labute approximate surface area is 124 Å². The quantitative estimate of drug-likeness (QED) is 0.859. The van der Waals surface area contributed by atoms with Crippen LogP contribution in [0.1, 0.15) is 48.4 Å². The molecular formula is C16H22N2OS. The molecule has 2 N–H and O–H groups in total. The average molecular weight is 290 g/mol. The second-order valence-corrected chi connectivity index (χ2v) is 5.80. The van der Waals surface area contributed by atoms with Crippen molar-refractivity contribution in [3.05, 3.63) is 33.8 Å². The smallest absolute Gasteiger partial charge is 0.251 e. The van der Waals surface area contributed by atoms with Crippen LogP contribution in [0.3, 0.4) is 0 Å². The Bertz CT molecular complexity index is 597. The van der Waals surface area contributed by atoms with Gasteiger partial charge in [-0.1, -0.05) is 20.3 Å². The van der Waals surface area contributed by atoms with Crippen LogP contribution in [0.25, 0.3) is 11.1 Å². The van der Waals surface area contributed by atoms with Crippen LogP contribution in [-0.2, 0) is 13.0 Å². The van der Waals surface area contributed by atoms with E-state index in [1.807, 2.05) is 12.3 Å². The molecule has 0 radical (unpaired) electrons. The van der Waals surface area contributed by atoms with Gasteiger partial charge in [0.15, 0.2) is 0 Å². The van der Waals surface area contributed by atoms with Crippen LogP contribution in [0.5, 0.6) is 0 Å². The largest absolute Gasteiger partial charge is 0.366 e. The van der Waals surface area contributed by atoms with E-state index in [0.717, 1.165) is 42.6 Å². The van der Waals surface area contributed by atoms with Crippen molar-refractivity contribution in [2.75, 3.05) is 0 Å². The van der Waals surface area contributed by atoms with E-state index in [0.29, 0.717) is 5.56 Å². The van der Waals surface area contributed by atoms with Gasteiger partial charge in [0, 0.05) is 23.5 Å². The highest BCUT2D eigenvalue weighted by Gasteiger charge is 2.23. The van der Waals surface area contributed by atoms with Crippen LogP contribution in [0.4, 0.5) is 0 Å². The number of carbonyl (C=O) groups is 1. The van der Waals surface area contributed by atoms with Crippen molar-refractivity contribution < 1.29 is 4.79 Å². The minimum atomic E-state index is -0.325. The molecule has 0 aliphatic heterocycles. The lowest BCUT2D eigenvalue weighted by Crippen LogP contribution is -2.13. The van der Waals surface area contributed by atoms with Crippen molar-refractivity contribution in [2.45, 2.75) is 46.6 Å². The number of aromatic nitrogens is 1. The maximum Gasteiger partial charge on any atom is 0.251 e. The second kappa shape index (κ2) is 6.27. The number of thiophene rings is 1. The Hall–Kier alpha value is -1.55. The van der Waals surface area contributed by atoms with Gasteiger partial charge in [-0.05, 0) is 42.2 Å². The second-order valence-electron chi connectivity index (χ2n) is 5.02. The van der Waals surface area contributed by atoms with Crippen LogP contribution < -0.4 is 5.73 Å². The first-order valence-corrected chi connectivity index (χ1v) is 8.10. The predicted octanol–water partition coefficient (Wildman–Crippen LogP) is 3.99. The summed E-state index contributed by atoms with van der Waals surface area (Å²) in [5, 5.41) is 4.13. The van der Waals surface area contributed by atoms with E-state index < -0.39 is 0 Å². The number of nitrogens with two attached hydrogens (primary N) is 1. The standard InChI is InChI=1S/C16H22N2OS/c1-4-6-8-18-11(3)14(16(17)19)15(13(18)5-2)12-7-9-20-10-12/h7,9-10H,4-6,8H2,1-3H3,(H2,17,19). The highest BCUT2D eigenvalue weighted by atomic mass is 32.1.